The number of non-ortho nitro benzene ring substituents is 1. The number of phenolic OH excluding ortho intramolecular Hbond substituents is 1. The molecule has 1 aromatic heterocycles. The molecule has 0 radical (unpaired) electrons. The van der Waals surface area contributed by atoms with Crippen molar-refractivity contribution in [2.24, 2.45) is 5.10 Å². The van der Waals surface area contributed by atoms with Crippen molar-refractivity contribution < 1.29 is 14.8 Å². The Morgan fingerprint density at radius 1 is 1.57 bits per heavy atom. The standard InChI is InChI=1S/C11H9N5O4S/c1-6-10(21-15-13-6)11(18)14-12-5-7-4-8(16(19)20)2-3-9(7)17/h2-5,17H,1H3,(H,14,18)/b12-5+. The molecular weight excluding hydrogens is 298 g/mol. The number of rotatable bonds is 4. The smallest absolute Gasteiger partial charge is 0.285 e. The van der Waals surface area contributed by atoms with Crippen molar-refractivity contribution in [1.82, 2.24) is 15.0 Å². The SMILES string of the molecule is Cc1nnsc1C(=O)N/N=C/c1cc([N+](=O)[O-])ccc1O. The number of nitro groups is 1. The number of hydrogen-bond donors (Lipinski definition) is 2. The van der Waals surface area contributed by atoms with E-state index in [1.54, 1.807) is 6.92 Å². The van der Waals surface area contributed by atoms with E-state index in [0.717, 1.165) is 29.9 Å². The normalized spacial score (nSPS) is 10.7. The molecule has 0 spiro atoms. The second kappa shape index (κ2) is 6.05. The van der Waals surface area contributed by atoms with Gasteiger partial charge in [-0.1, -0.05) is 4.49 Å². The largest absolute Gasteiger partial charge is 0.507 e. The van der Waals surface area contributed by atoms with E-state index in [1.807, 2.05) is 0 Å². The van der Waals surface area contributed by atoms with Gasteiger partial charge in [0.05, 0.1) is 16.8 Å². The van der Waals surface area contributed by atoms with Gasteiger partial charge in [0.2, 0.25) is 0 Å². The van der Waals surface area contributed by atoms with Gasteiger partial charge in [-0.2, -0.15) is 5.10 Å². The average molecular weight is 307 g/mol. The molecule has 0 aliphatic rings. The molecule has 0 bridgehead atoms. The molecular formula is C11H9N5O4S. The van der Waals surface area contributed by atoms with E-state index in [1.165, 1.54) is 6.07 Å². The summed E-state index contributed by atoms with van der Waals surface area (Å²) >= 11 is 0.928. The Morgan fingerprint density at radius 2 is 2.33 bits per heavy atom. The van der Waals surface area contributed by atoms with E-state index in [4.69, 9.17) is 0 Å². The Bertz CT molecular complexity index is 727. The van der Waals surface area contributed by atoms with E-state index in [-0.39, 0.29) is 17.0 Å². The van der Waals surface area contributed by atoms with Crippen LogP contribution < -0.4 is 5.43 Å². The first-order chi connectivity index (χ1) is 9.99. The van der Waals surface area contributed by atoms with Gasteiger partial charge in [-0.25, -0.2) is 5.43 Å². The highest BCUT2D eigenvalue weighted by Crippen LogP contribution is 2.21. The number of carbonyl (C=O) groups excluding carboxylic acids is 1. The molecule has 0 aliphatic heterocycles. The number of hydrazone groups is 1. The Kier molecular flexibility index (Phi) is 4.18. The molecule has 0 atom stereocenters. The summed E-state index contributed by atoms with van der Waals surface area (Å²) in [6.45, 7) is 1.63. The summed E-state index contributed by atoms with van der Waals surface area (Å²) in [5.41, 5.74) is 2.63. The summed E-state index contributed by atoms with van der Waals surface area (Å²) in [6.07, 6.45) is 1.12. The lowest BCUT2D eigenvalue weighted by Crippen LogP contribution is -2.17. The van der Waals surface area contributed by atoms with Crippen LogP contribution in [0.2, 0.25) is 0 Å². The van der Waals surface area contributed by atoms with E-state index in [9.17, 15) is 20.0 Å². The lowest BCUT2D eigenvalue weighted by Gasteiger charge is -1.99. The molecule has 1 amide bonds. The summed E-state index contributed by atoms with van der Waals surface area (Å²) in [6, 6.07) is 3.49. The van der Waals surface area contributed by atoms with Gasteiger partial charge >= 0.3 is 0 Å². The summed E-state index contributed by atoms with van der Waals surface area (Å²) in [7, 11) is 0. The van der Waals surface area contributed by atoms with Gasteiger partial charge in [0, 0.05) is 17.7 Å². The van der Waals surface area contributed by atoms with Crippen molar-refractivity contribution in [2.75, 3.05) is 0 Å². The number of nitrogens with zero attached hydrogens (tertiary/aromatic N) is 4. The molecule has 1 heterocycles. The van der Waals surface area contributed by atoms with Crippen LogP contribution in [0.3, 0.4) is 0 Å². The summed E-state index contributed by atoms with van der Waals surface area (Å²) in [4.78, 5) is 22.1. The lowest BCUT2D eigenvalue weighted by molar-refractivity contribution is -0.384. The molecule has 2 N–H and O–H groups in total. The van der Waals surface area contributed by atoms with Crippen LogP contribution in [-0.2, 0) is 0 Å². The maximum absolute atomic E-state index is 11.7. The fourth-order valence-corrected chi connectivity index (χ4v) is 1.96. The minimum atomic E-state index is -0.596. The van der Waals surface area contributed by atoms with Crippen LogP contribution in [0.15, 0.2) is 23.3 Å². The number of carbonyl (C=O) groups is 1. The van der Waals surface area contributed by atoms with Crippen LogP contribution >= 0.6 is 11.5 Å². The van der Waals surface area contributed by atoms with Gasteiger partial charge in [0.15, 0.2) is 0 Å². The average Bonchev–Trinajstić information content (AvgIpc) is 2.86. The van der Waals surface area contributed by atoms with Crippen molar-refractivity contribution in [3.8, 4) is 5.75 Å². The predicted octanol–water partition coefficient (Wildman–Crippen LogP) is 1.22. The highest BCUT2D eigenvalue weighted by atomic mass is 32.1. The maximum atomic E-state index is 11.7. The third kappa shape index (κ3) is 3.36. The van der Waals surface area contributed by atoms with Crippen molar-refractivity contribution in [1.29, 1.82) is 0 Å². The van der Waals surface area contributed by atoms with Crippen molar-refractivity contribution >= 4 is 29.3 Å². The van der Waals surface area contributed by atoms with Gasteiger partial charge < -0.3 is 5.11 Å². The summed E-state index contributed by atoms with van der Waals surface area (Å²) in [5.74, 6) is -0.682. The highest BCUT2D eigenvalue weighted by Gasteiger charge is 2.12. The van der Waals surface area contributed by atoms with Crippen molar-refractivity contribution in [3.63, 3.8) is 0 Å². The lowest BCUT2D eigenvalue weighted by atomic mass is 10.2. The Morgan fingerprint density at radius 3 is 2.95 bits per heavy atom. The molecule has 0 saturated carbocycles. The van der Waals surface area contributed by atoms with Crippen LogP contribution in [0.1, 0.15) is 20.9 Å². The fourth-order valence-electron chi connectivity index (χ4n) is 1.41. The number of benzene rings is 1. The number of phenols is 1. The molecule has 10 heteroatoms. The molecule has 2 rings (SSSR count). The molecule has 0 saturated heterocycles. The van der Waals surface area contributed by atoms with Gasteiger partial charge in [-0.3, -0.25) is 14.9 Å². The molecule has 0 unspecified atom stereocenters. The topological polar surface area (TPSA) is 131 Å². The van der Waals surface area contributed by atoms with Gasteiger partial charge in [-0.15, -0.1) is 5.10 Å². The first-order valence-corrected chi connectivity index (χ1v) is 6.36. The number of nitrogens with one attached hydrogen (secondary N) is 1. The minimum Gasteiger partial charge on any atom is -0.507 e. The number of aromatic hydroxyl groups is 1. The van der Waals surface area contributed by atoms with Gasteiger partial charge in [-0.05, 0) is 24.5 Å². The summed E-state index contributed by atoms with van der Waals surface area (Å²) < 4.78 is 3.62. The first kappa shape index (κ1) is 14.5. The van der Waals surface area contributed by atoms with Crippen molar-refractivity contribution in [2.45, 2.75) is 6.92 Å². The molecule has 21 heavy (non-hydrogen) atoms. The predicted molar refractivity (Wildman–Crippen MR) is 74.5 cm³/mol. The zero-order valence-corrected chi connectivity index (χ0v) is 11.5. The van der Waals surface area contributed by atoms with Crippen LogP contribution in [0.25, 0.3) is 0 Å². The Labute approximate surface area is 122 Å². The molecule has 9 nitrogen and oxygen atoms in total. The van der Waals surface area contributed by atoms with Crippen LogP contribution in [0.4, 0.5) is 5.69 Å². The molecule has 0 fully saturated rings. The number of hydrogen-bond acceptors (Lipinski definition) is 8. The second-order valence-electron chi connectivity index (χ2n) is 3.89. The van der Waals surface area contributed by atoms with E-state index in [2.05, 4.69) is 20.1 Å². The zero-order chi connectivity index (χ0) is 15.4. The third-order valence-electron chi connectivity index (χ3n) is 2.45. The monoisotopic (exact) mass is 307 g/mol. The summed E-state index contributed by atoms with van der Waals surface area (Å²) in [5, 5.41) is 27.5. The highest BCUT2D eigenvalue weighted by molar-refractivity contribution is 7.07. The van der Waals surface area contributed by atoms with E-state index in [0.29, 0.717) is 10.6 Å². The van der Waals surface area contributed by atoms with E-state index < -0.39 is 10.8 Å². The third-order valence-corrected chi connectivity index (χ3v) is 3.28. The van der Waals surface area contributed by atoms with Gasteiger partial charge in [0.25, 0.3) is 11.6 Å². The van der Waals surface area contributed by atoms with Crippen LogP contribution in [0, 0.1) is 17.0 Å². The number of aryl methyl sites for hydroxylation is 1. The number of amides is 1. The second-order valence-corrected chi connectivity index (χ2v) is 4.64. The Hall–Kier alpha value is -2.88. The fraction of sp³-hybridized carbons (Fsp3) is 0.0909. The van der Waals surface area contributed by atoms with Crippen molar-refractivity contribution in [3.05, 3.63) is 44.4 Å². The molecule has 1 aromatic carbocycles. The zero-order valence-electron chi connectivity index (χ0n) is 10.7. The quantitative estimate of drug-likeness (QED) is 0.496. The molecule has 108 valence electrons. The van der Waals surface area contributed by atoms with Gasteiger partial charge in [0.1, 0.15) is 10.6 Å². The first-order valence-electron chi connectivity index (χ1n) is 5.59. The number of nitro benzene ring substituents is 1. The van der Waals surface area contributed by atoms with Crippen LogP contribution in [-0.4, -0.2) is 31.7 Å². The molecule has 2 aromatic rings. The minimum absolute atomic E-state index is 0.114. The Balaban J connectivity index is 2.11. The van der Waals surface area contributed by atoms with Crippen LogP contribution in [0.5, 0.6) is 5.75 Å². The maximum Gasteiger partial charge on any atom is 0.285 e. The number of aromatic nitrogens is 2. The molecule has 0 aliphatic carbocycles. The van der Waals surface area contributed by atoms with E-state index >= 15 is 0 Å².